The molecule has 1 aromatic carbocycles. The highest BCUT2D eigenvalue weighted by Gasteiger charge is 2.26. The minimum atomic E-state index is -3.80. The molecule has 0 unspecified atom stereocenters. The van der Waals surface area contributed by atoms with Crippen molar-refractivity contribution in [3.63, 3.8) is 0 Å². The van der Waals surface area contributed by atoms with Gasteiger partial charge in [0.15, 0.2) is 11.6 Å². The van der Waals surface area contributed by atoms with Crippen LogP contribution in [0.25, 0.3) is 11.6 Å². The van der Waals surface area contributed by atoms with Gasteiger partial charge in [-0.1, -0.05) is 25.4 Å². The SMILES string of the molecule is CCN(CC)S(=O)(=O)c1cc(NC(=O)c2c(C)nc(-c3ccco3)nc2SC)ccc1Cl. The standard InChI is InChI=1S/C21H23ClN4O4S2/c1-5-26(6-2)32(28,29)17-12-14(9-10-15(17)22)24-20(27)18-13(3)23-19(25-21(18)31-4)16-8-7-11-30-16/h7-12H,5-6H2,1-4H3,(H,24,27). The van der Waals surface area contributed by atoms with E-state index in [0.717, 1.165) is 0 Å². The number of nitrogens with one attached hydrogen (secondary N) is 1. The Morgan fingerprint density at radius 2 is 1.94 bits per heavy atom. The number of nitrogens with zero attached hydrogens (tertiary/aromatic N) is 3. The van der Waals surface area contributed by atoms with E-state index in [0.29, 0.717) is 46.6 Å². The molecule has 1 amide bonds. The summed E-state index contributed by atoms with van der Waals surface area (Å²) in [7, 11) is -3.80. The zero-order valence-corrected chi connectivity index (χ0v) is 20.4. The predicted octanol–water partition coefficient (Wildman–Crippen LogP) is 4.70. The third-order valence-electron chi connectivity index (χ3n) is 4.73. The van der Waals surface area contributed by atoms with Gasteiger partial charge in [0, 0.05) is 18.8 Å². The number of carbonyl (C=O) groups is 1. The highest BCUT2D eigenvalue weighted by Crippen LogP contribution is 2.29. The van der Waals surface area contributed by atoms with Gasteiger partial charge in [0.25, 0.3) is 5.91 Å². The van der Waals surface area contributed by atoms with Crippen LogP contribution >= 0.6 is 23.4 Å². The minimum Gasteiger partial charge on any atom is -0.461 e. The Morgan fingerprint density at radius 1 is 1.22 bits per heavy atom. The van der Waals surface area contributed by atoms with Crippen molar-refractivity contribution in [3.8, 4) is 11.6 Å². The molecule has 3 aromatic rings. The molecule has 2 aromatic heterocycles. The number of amides is 1. The lowest BCUT2D eigenvalue weighted by Gasteiger charge is -2.20. The quantitative estimate of drug-likeness (QED) is 0.357. The van der Waals surface area contributed by atoms with Gasteiger partial charge in [-0.05, 0) is 43.5 Å². The Balaban J connectivity index is 1.96. The first-order valence-electron chi connectivity index (χ1n) is 9.80. The average molecular weight is 495 g/mol. The number of furan rings is 1. The van der Waals surface area contributed by atoms with Crippen molar-refractivity contribution < 1.29 is 17.6 Å². The molecule has 0 fully saturated rings. The van der Waals surface area contributed by atoms with Crippen LogP contribution in [0.5, 0.6) is 0 Å². The molecule has 0 aliphatic carbocycles. The summed E-state index contributed by atoms with van der Waals surface area (Å²) in [5.74, 6) is 0.429. The molecule has 11 heteroatoms. The maximum atomic E-state index is 13.1. The molecule has 0 radical (unpaired) electrons. The van der Waals surface area contributed by atoms with Gasteiger partial charge >= 0.3 is 0 Å². The van der Waals surface area contributed by atoms with Crippen molar-refractivity contribution in [1.29, 1.82) is 0 Å². The van der Waals surface area contributed by atoms with Gasteiger partial charge in [0.05, 0.1) is 22.5 Å². The second kappa shape index (κ2) is 10.0. The Hall–Kier alpha value is -2.40. The first-order valence-corrected chi connectivity index (χ1v) is 12.8. The normalized spacial score (nSPS) is 11.7. The van der Waals surface area contributed by atoms with Crippen LogP contribution in [0.3, 0.4) is 0 Å². The summed E-state index contributed by atoms with van der Waals surface area (Å²) in [5, 5.41) is 3.31. The maximum Gasteiger partial charge on any atom is 0.260 e. The number of anilines is 1. The van der Waals surface area contributed by atoms with Gasteiger partial charge in [-0.2, -0.15) is 4.31 Å². The van der Waals surface area contributed by atoms with Crippen LogP contribution < -0.4 is 5.32 Å². The number of carbonyl (C=O) groups excluding carboxylic acids is 1. The monoisotopic (exact) mass is 494 g/mol. The topological polar surface area (TPSA) is 105 Å². The highest BCUT2D eigenvalue weighted by molar-refractivity contribution is 7.98. The van der Waals surface area contributed by atoms with E-state index in [1.807, 2.05) is 6.26 Å². The van der Waals surface area contributed by atoms with Crippen LogP contribution in [0.2, 0.25) is 5.02 Å². The summed E-state index contributed by atoms with van der Waals surface area (Å²) in [6.45, 7) is 5.82. The molecule has 8 nitrogen and oxygen atoms in total. The predicted molar refractivity (Wildman–Crippen MR) is 126 cm³/mol. The summed E-state index contributed by atoms with van der Waals surface area (Å²) < 4.78 is 32.5. The summed E-state index contributed by atoms with van der Waals surface area (Å²) >= 11 is 7.48. The third-order valence-corrected chi connectivity index (χ3v) is 7.94. The number of hydrogen-bond donors (Lipinski definition) is 1. The average Bonchev–Trinajstić information content (AvgIpc) is 3.30. The van der Waals surface area contributed by atoms with Crippen molar-refractivity contribution in [2.24, 2.45) is 0 Å². The lowest BCUT2D eigenvalue weighted by molar-refractivity contribution is 0.102. The van der Waals surface area contributed by atoms with E-state index in [1.165, 1.54) is 34.5 Å². The van der Waals surface area contributed by atoms with Crippen molar-refractivity contribution >= 4 is 45.0 Å². The van der Waals surface area contributed by atoms with Gasteiger partial charge in [0.2, 0.25) is 10.0 Å². The van der Waals surface area contributed by atoms with E-state index in [1.54, 1.807) is 39.0 Å². The Morgan fingerprint density at radius 3 is 2.53 bits per heavy atom. The van der Waals surface area contributed by atoms with Crippen molar-refractivity contribution in [2.45, 2.75) is 30.7 Å². The molecule has 0 saturated carbocycles. The fraction of sp³-hybridized carbons (Fsp3) is 0.286. The third kappa shape index (κ3) is 4.83. The van der Waals surface area contributed by atoms with E-state index in [2.05, 4.69) is 15.3 Å². The molecule has 1 N–H and O–H groups in total. The molecule has 0 atom stereocenters. The summed E-state index contributed by atoms with van der Waals surface area (Å²) in [6.07, 6.45) is 3.33. The number of rotatable bonds is 8. The summed E-state index contributed by atoms with van der Waals surface area (Å²) in [4.78, 5) is 21.9. The Bertz CT molecular complexity index is 1230. The molecule has 0 aliphatic rings. The lowest BCUT2D eigenvalue weighted by atomic mass is 10.2. The molecule has 170 valence electrons. The van der Waals surface area contributed by atoms with E-state index >= 15 is 0 Å². The molecule has 0 aliphatic heterocycles. The van der Waals surface area contributed by atoms with Crippen molar-refractivity contribution in [1.82, 2.24) is 14.3 Å². The van der Waals surface area contributed by atoms with Gasteiger partial charge < -0.3 is 9.73 Å². The van der Waals surface area contributed by atoms with Gasteiger partial charge in [-0.15, -0.1) is 11.8 Å². The molecule has 0 spiro atoms. The molecular formula is C21H23ClN4O4S2. The van der Waals surface area contributed by atoms with Crippen LogP contribution in [-0.4, -0.2) is 47.9 Å². The van der Waals surface area contributed by atoms with Crippen molar-refractivity contribution in [3.05, 3.63) is 52.9 Å². The number of benzene rings is 1. The van der Waals surface area contributed by atoms with Gasteiger partial charge in [-0.3, -0.25) is 4.79 Å². The zero-order valence-electron chi connectivity index (χ0n) is 18.0. The van der Waals surface area contributed by atoms with Crippen LogP contribution in [-0.2, 0) is 10.0 Å². The fourth-order valence-corrected chi connectivity index (χ4v) is 5.73. The molecule has 0 saturated heterocycles. The molecule has 32 heavy (non-hydrogen) atoms. The number of thioether (sulfide) groups is 1. The largest absolute Gasteiger partial charge is 0.461 e. The number of hydrogen-bond acceptors (Lipinski definition) is 7. The lowest BCUT2D eigenvalue weighted by Crippen LogP contribution is -2.31. The van der Waals surface area contributed by atoms with E-state index in [4.69, 9.17) is 16.0 Å². The first-order chi connectivity index (χ1) is 15.2. The van der Waals surface area contributed by atoms with Crippen LogP contribution in [0.1, 0.15) is 29.9 Å². The van der Waals surface area contributed by atoms with Crippen LogP contribution in [0, 0.1) is 6.92 Å². The Labute approximate surface area is 196 Å². The minimum absolute atomic E-state index is 0.0631. The van der Waals surface area contributed by atoms with Crippen LogP contribution in [0.4, 0.5) is 5.69 Å². The van der Waals surface area contributed by atoms with E-state index in [9.17, 15) is 13.2 Å². The maximum absolute atomic E-state index is 13.1. The van der Waals surface area contributed by atoms with Crippen LogP contribution in [0.15, 0.2) is 50.9 Å². The number of aryl methyl sites for hydroxylation is 1. The fourth-order valence-electron chi connectivity index (χ4n) is 3.15. The van der Waals surface area contributed by atoms with Gasteiger partial charge in [-0.25, -0.2) is 18.4 Å². The second-order valence-corrected chi connectivity index (χ2v) is 9.79. The molecular weight excluding hydrogens is 472 g/mol. The summed E-state index contributed by atoms with van der Waals surface area (Å²) in [6, 6.07) is 7.84. The van der Waals surface area contributed by atoms with Crippen molar-refractivity contribution in [2.75, 3.05) is 24.7 Å². The zero-order chi connectivity index (χ0) is 23.5. The second-order valence-electron chi connectivity index (χ2n) is 6.68. The molecule has 2 heterocycles. The van der Waals surface area contributed by atoms with E-state index in [-0.39, 0.29) is 9.92 Å². The number of halogens is 1. The van der Waals surface area contributed by atoms with E-state index < -0.39 is 15.9 Å². The molecule has 0 bridgehead atoms. The first kappa shape index (κ1) is 24.2. The number of aromatic nitrogens is 2. The molecule has 3 rings (SSSR count). The Kier molecular flexibility index (Phi) is 7.60. The smallest absolute Gasteiger partial charge is 0.260 e. The summed E-state index contributed by atoms with van der Waals surface area (Å²) in [5.41, 5.74) is 1.07. The number of sulfonamides is 1. The van der Waals surface area contributed by atoms with Gasteiger partial charge in [0.1, 0.15) is 9.92 Å². The highest BCUT2D eigenvalue weighted by atomic mass is 35.5.